The van der Waals surface area contributed by atoms with Crippen LogP contribution in [-0.2, 0) is 14.3 Å². The van der Waals surface area contributed by atoms with Crippen LogP contribution in [0.2, 0.25) is 0 Å². The number of alkyl halides is 4. The van der Waals surface area contributed by atoms with Gasteiger partial charge < -0.3 is 9.47 Å². The lowest BCUT2D eigenvalue weighted by Crippen LogP contribution is -2.41. The van der Waals surface area contributed by atoms with E-state index in [1.807, 2.05) is 0 Å². The summed E-state index contributed by atoms with van der Waals surface area (Å²) >= 11 is 23.5. The minimum atomic E-state index is -1.52. The zero-order valence-electron chi connectivity index (χ0n) is 12.4. The molecule has 0 aliphatic rings. The van der Waals surface area contributed by atoms with Gasteiger partial charge in [0.1, 0.15) is 0 Å². The Bertz CT molecular complexity index is 366. The maximum atomic E-state index is 12.1. The number of hydrogen-bond donors (Lipinski definition) is 0. The summed E-state index contributed by atoms with van der Waals surface area (Å²) in [5.74, 6) is -1.33. The summed E-state index contributed by atoms with van der Waals surface area (Å²) in [6.45, 7) is 7.06. The van der Waals surface area contributed by atoms with E-state index in [-0.39, 0.29) is 13.0 Å². The van der Waals surface area contributed by atoms with Crippen molar-refractivity contribution in [2.24, 2.45) is 11.3 Å². The van der Waals surface area contributed by atoms with Gasteiger partial charge in [-0.15, -0.1) is 11.6 Å². The highest BCUT2D eigenvalue weighted by Crippen LogP contribution is 2.44. The second kappa shape index (κ2) is 8.66. The molecule has 0 aromatic heterocycles. The van der Waals surface area contributed by atoms with E-state index >= 15 is 0 Å². The Morgan fingerprint density at radius 3 is 2.05 bits per heavy atom. The second-order valence-electron chi connectivity index (χ2n) is 5.17. The maximum absolute atomic E-state index is 12.1. The van der Waals surface area contributed by atoms with Crippen LogP contribution in [0, 0.1) is 11.3 Å². The second-order valence-corrected chi connectivity index (χ2v) is 8.22. The van der Waals surface area contributed by atoms with Gasteiger partial charge in [-0.3, -0.25) is 4.79 Å². The van der Waals surface area contributed by atoms with Gasteiger partial charge in [-0.25, -0.2) is 4.79 Å². The first-order valence-electron chi connectivity index (χ1n) is 6.54. The first kappa shape index (κ1) is 21.1. The lowest BCUT2D eigenvalue weighted by atomic mass is 9.73. The van der Waals surface area contributed by atoms with Crippen molar-refractivity contribution >= 4 is 58.5 Å². The van der Waals surface area contributed by atoms with Crippen molar-refractivity contribution in [2.45, 2.75) is 49.7 Å². The molecule has 0 spiro atoms. The molecule has 8 heteroatoms. The quantitative estimate of drug-likeness (QED) is 0.364. The summed E-state index contributed by atoms with van der Waals surface area (Å²) in [5, 5.41) is -0.593. The summed E-state index contributed by atoms with van der Waals surface area (Å²) in [7, 11) is 0. The largest absolute Gasteiger partial charge is 0.516 e. The third kappa shape index (κ3) is 7.27. The Hall–Kier alpha value is 0.1000. The van der Waals surface area contributed by atoms with Gasteiger partial charge in [0.25, 0.3) is 0 Å². The molecule has 0 aromatic carbocycles. The fourth-order valence-corrected chi connectivity index (χ4v) is 3.07. The molecule has 0 rings (SSSR count). The molecule has 0 aliphatic heterocycles. The smallest absolute Gasteiger partial charge is 0.434 e. The average molecular weight is 382 g/mol. The molecule has 2 unspecified atom stereocenters. The van der Waals surface area contributed by atoms with Crippen molar-refractivity contribution in [1.82, 2.24) is 0 Å². The van der Waals surface area contributed by atoms with Crippen LogP contribution >= 0.6 is 46.4 Å². The van der Waals surface area contributed by atoms with Crippen LogP contribution in [0.4, 0.5) is 4.79 Å². The summed E-state index contributed by atoms with van der Waals surface area (Å²) in [6, 6.07) is 0. The van der Waals surface area contributed by atoms with Crippen LogP contribution in [0.15, 0.2) is 0 Å². The lowest BCUT2D eigenvalue weighted by Gasteiger charge is -2.37. The highest BCUT2D eigenvalue weighted by atomic mass is 35.6. The summed E-state index contributed by atoms with van der Waals surface area (Å²) in [4.78, 5) is 23.3. The number of esters is 1. The molecule has 0 fully saturated rings. The molecule has 0 bridgehead atoms. The molecule has 21 heavy (non-hydrogen) atoms. The Kier molecular flexibility index (Phi) is 8.70. The van der Waals surface area contributed by atoms with Gasteiger partial charge in [-0.1, -0.05) is 55.6 Å². The van der Waals surface area contributed by atoms with Crippen LogP contribution in [0.3, 0.4) is 0 Å². The Balaban J connectivity index is 4.97. The fraction of sp³-hybridized carbons (Fsp3) is 0.846. The number of halogens is 4. The first-order chi connectivity index (χ1) is 9.45. The van der Waals surface area contributed by atoms with E-state index in [0.717, 1.165) is 0 Å². The van der Waals surface area contributed by atoms with Gasteiger partial charge in [0.05, 0.1) is 12.5 Å². The zero-order valence-corrected chi connectivity index (χ0v) is 15.4. The van der Waals surface area contributed by atoms with Crippen LogP contribution in [0.1, 0.15) is 40.5 Å². The standard InChI is InChI=1S/C13H20Cl4O4/c1-5-8(10(18)21-11(19)20-6-2)12(3,4)9(14)7-13(15,16)17/h8-9H,5-7H2,1-4H3. The van der Waals surface area contributed by atoms with E-state index in [0.29, 0.717) is 6.42 Å². The van der Waals surface area contributed by atoms with E-state index in [1.54, 1.807) is 27.7 Å². The van der Waals surface area contributed by atoms with Gasteiger partial charge in [0, 0.05) is 11.8 Å². The monoisotopic (exact) mass is 380 g/mol. The normalized spacial score (nSPS) is 15.2. The van der Waals surface area contributed by atoms with Gasteiger partial charge in [0.2, 0.25) is 0 Å². The molecule has 0 N–H and O–H groups in total. The minimum Gasteiger partial charge on any atom is -0.434 e. The van der Waals surface area contributed by atoms with E-state index in [9.17, 15) is 9.59 Å². The molecule has 0 saturated heterocycles. The highest BCUT2D eigenvalue weighted by molar-refractivity contribution is 6.67. The van der Waals surface area contributed by atoms with E-state index in [1.165, 1.54) is 0 Å². The topological polar surface area (TPSA) is 52.6 Å². The van der Waals surface area contributed by atoms with E-state index in [4.69, 9.17) is 46.4 Å². The van der Waals surface area contributed by atoms with Crippen LogP contribution < -0.4 is 0 Å². The Morgan fingerprint density at radius 2 is 1.67 bits per heavy atom. The van der Waals surface area contributed by atoms with Gasteiger partial charge in [-0.05, 0) is 18.8 Å². The molecule has 4 nitrogen and oxygen atoms in total. The Labute approximate surface area is 145 Å². The molecular formula is C13H20Cl4O4. The fourth-order valence-electron chi connectivity index (χ4n) is 1.98. The van der Waals surface area contributed by atoms with E-state index in [2.05, 4.69) is 9.47 Å². The number of carbonyl (C=O) groups excluding carboxylic acids is 2. The SMILES string of the molecule is CCOC(=O)OC(=O)C(CC)C(C)(C)C(Cl)CC(Cl)(Cl)Cl. The zero-order chi connectivity index (χ0) is 16.8. The van der Waals surface area contributed by atoms with Crippen molar-refractivity contribution < 1.29 is 19.1 Å². The summed E-state index contributed by atoms with van der Waals surface area (Å²) in [5.41, 5.74) is -0.732. The van der Waals surface area contributed by atoms with Crippen molar-refractivity contribution in [3.63, 3.8) is 0 Å². The molecule has 0 radical (unpaired) electrons. The number of carbonyl (C=O) groups is 2. The molecule has 0 heterocycles. The van der Waals surface area contributed by atoms with Crippen LogP contribution in [0.25, 0.3) is 0 Å². The molecular weight excluding hydrogens is 362 g/mol. The number of hydrogen-bond acceptors (Lipinski definition) is 4. The molecule has 2 atom stereocenters. The van der Waals surface area contributed by atoms with Gasteiger partial charge in [0.15, 0.2) is 3.79 Å². The lowest BCUT2D eigenvalue weighted by molar-refractivity contribution is -0.148. The van der Waals surface area contributed by atoms with Crippen LogP contribution in [-0.4, -0.2) is 27.9 Å². The van der Waals surface area contributed by atoms with Crippen molar-refractivity contribution in [3.05, 3.63) is 0 Å². The minimum absolute atomic E-state index is 0.0649. The molecule has 0 aromatic rings. The molecule has 0 aliphatic carbocycles. The molecule has 0 amide bonds. The predicted octanol–water partition coefficient (Wildman–Crippen LogP) is 5.11. The van der Waals surface area contributed by atoms with Gasteiger partial charge in [-0.2, -0.15) is 0 Å². The average Bonchev–Trinajstić information content (AvgIpc) is 2.26. The van der Waals surface area contributed by atoms with Crippen molar-refractivity contribution in [2.75, 3.05) is 6.61 Å². The van der Waals surface area contributed by atoms with Crippen molar-refractivity contribution in [1.29, 1.82) is 0 Å². The molecule has 124 valence electrons. The maximum Gasteiger partial charge on any atom is 0.516 e. The van der Waals surface area contributed by atoms with Crippen molar-refractivity contribution in [3.8, 4) is 0 Å². The summed E-state index contributed by atoms with van der Waals surface area (Å²) in [6.07, 6.45) is -0.534. The Morgan fingerprint density at radius 1 is 1.14 bits per heavy atom. The predicted molar refractivity (Wildman–Crippen MR) is 85.2 cm³/mol. The van der Waals surface area contributed by atoms with Crippen LogP contribution in [0.5, 0.6) is 0 Å². The van der Waals surface area contributed by atoms with Gasteiger partial charge >= 0.3 is 12.1 Å². The third-order valence-electron chi connectivity index (χ3n) is 3.25. The van der Waals surface area contributed by atoms with E-state index < -0.39 is 32.6 Å². The number of rotatable bonds is 6. The summed E-state index contributed by atoms with van der Waals surface area (Å²) < 4.78 is 7.71. The first-order valence-corrected chi connectivity index (χ1v) is 8.12. The molecule has 0 saturated carbocycles. The number of ether oxygens (including phenoxy) is 2. The third-order valence-corrected chi connectivity index (χ3v) is 4.43. The highest BCUT2D eigenvalue weighted by Gasteiger charge is 2.43.